The number of hydrogen-bond acceptors (Lipinski definition) is 6. The number of anilines is 1. The molecule has 1 heterocycles. The standard InChI is InChI=1S/C20H24N4O4/c1-14-3-2-4-15(11-14)19(23-7-9-28-10-8-23)13-22-20(25)16-5-6-17(21)18(12-16)24(26)27/h2-6,11-12,19H,7-10,13,21H2,1H3,(H,22,25). The van der Waals surface area contributed by atoms with E-state index in [4.69, 9.17) is 10.5 Å². The quantitative estimate of drug-likeness (QED) is 0.449. The molecule has 1 aliphatic heterocycles. The van der Waals surface area contributed by atoms with E-state index in [1.54, 1.807) is 0 Å². The predicted molar refractivity (Wildman–Crippen MR) is 106 cm³/mol. The van der Waals surface area contributed by atoms with Gasteiger partial charge in [0.25, 0.3) is 11.6 Å². The van der Waals surface area contributed by atoms with Gasteiger partial charge in [0.2, 0.25) is 0 Å². The average Bonchev–Trinajstić information content (AvgIpc) is 2.69. The second-order valence-corrected chi connectivity index (χ2v) is 6.82. The van der Waals surface area contributed by atoms with Gasteiger partial charge in [-0.1, -0.05) is 29.8 Å². The average molecular weight is 384 g/mol. The van der Waals surface area contributed by atoms with Crippen LogP contribution in [0.15, 0.2) is 42.5 Å². The minimum absolute atomic E-state index is 0.00322. The molecule has 1 saturated heterocycles. The third kappa shape index (κ3) is 4.65. The number of carbonyl (C=O) groups is 1. The van der Waals surface area contributed by atoms with Crippen LogP contribution in [-0.2, 0) is 4.74 Å². The molecule has 1 amide bonds. The summed E-state index contributed by atoms with van der Waals surface area (Å²) in [5.41, 5.74) is 7.85. The minimum Gasteiger partial charge on any atom is -0.393 e. The topological polar surface area (TPSA) is 111 Å². The number of nitrogen functional groups attached to an aromatic ring is 1. The van der Waals surface area contributed by atoms with Crippen molar-refractivity contribution in [2.24, 2.45) is 0 Å². The van der Waals surface area contributed by atoms with Gasteiger partial charge in [-0.15, -0.1) is 0 Å². The Morgan fingerprint density at radius 1 is 1.29 bits per heavy atom. The van der Waals surface area contributed by atoms with Crippen LogP contribution in [-0.4, -0.2) is 48.6 Å². The number of nitro benzene ring substituents is 1. The first-order valence-electron chi connectivity index (χ1n) is 9.16. The van der Waals surface area contributed by atoms with Gasteiger partial charge in [-0.2, -0.15) is 0 Å². The van der Waals surface area contributed by atoms with Crippen LogP contribution in [0.4, 0.5) is 11.4 Å². The van der Waals surface area contributed by atoms with Crippen molar-refractivity contribution < 1.29 is 14.5 Å². The summed E-state index contributed by atoms with van der Waals surface area (Å²) in [5, 5.41) is 14.0. The molecule has 148 valence electrons. The SMILES string of the molecule is Cc1cccc(C(CNC(=O)c2ccc(N)c([N+](=O)[O-])c2)N2CCOCC2)c1. The third-order valence-electron chi connectivity index (χ3n) is 4.86. The number of nitrogens with zero attached hydrogens (tertiary/aromatic N) is 2. The molecule has 28 heavy (non-hydrogen) atoms. The zero-order chi connectivity index (χ0) is 20.1. The Bertz CT molecular complexity index is 865. The Balaban J connectivity index is 1.77. The van der Waals surface area contributed by atoms with E-state index >= 15 is 0 Å². The van der Waals surface area contributed by atoms with Gasteiger partial charge in [-0.25, -0.2) is 0 Å². The fourth-order valence-corrected chi connectivity index (χ4v) is 3.36. The van der Waals surface area contributed by atoms with Gasteiger partial charge in [0.15, 0.2) is 0 Å². The van der Waals surface area contributed by atoms with Gasteiger partial charge in [-0.05, 0) is 24.6 Å². The Kier molecular flexibility index (Phi) is 6.23. The second kappa shape index (κ2) is 8.81. The number of morpholine rings is 1. The van der Waals surface area contributed by atoms with Crippen LogP contribution in [0.1, 0.15) is 27.5 Å². The Hall–Kier alpha value is -2.97. The molecule has 1 atom stereocenters. The summed E-state index contributed by atoms with van der Waals surface area (Å²) in [7, 11) is 0. The van der Waals surface area contributed by atoms with Gasteiger partial charge in [-0.3, -0.25) is 19.8 Å². The third-order valence-corrected chi connectivity index (χ3v) is 4.86. The van der Waals surface area contributed by atoms with Gasteiger partial charge in [0.1, 0.15) is 5.69 Å². The smallest absolute Gasteiger partial charge is 0.292 e. The lowest BCUT2D eigenvalue weighted by Crippen LogP contribution is -2.43. The van der Waals surface area contributed by atoms with Crippen molar-refractivity contribution in [1.29, 1.82) is 0 Å². The Morgan fingerprint density at radius 3 is 2.71 bits per heavy atom. The lowest BCUT2D eigenvalue weighted by atomic mass is 10.0. The lowest BCUT2D eigenvalue weighted by Gasteiger charge is -2.35. The first-order chi connectivity index (χ1) is 13.5. The second-order valence-electron chi connectivity index (χ2n) is 6.82. The number of hydrogen-bond donors (Lipinski definition) is 2. The molecular formula is C20H24N4O4. The number of nitro groups is 1. The van der Waals surface area contributed by atoms with E-state index in [0.717, 1.165) is 24.2 Å². The molecule has 0 spiro atoms. The maximum absolute atomic E-state index is 12.6. The summed E-state index contributed by atoms with van der Waals surface area (Å²) in [6.07, 6.45) is 0. The highest BCUT2D eigenvalue weighted by Gasteiger charge is 2.24. The molecule has 0 aromatic heterocycles. The van der Waals surface area contributed by atoms with E-state index in [0.29, 0.717) is 19.8 Å². The maximum Gasteiger partial charge on any atom is 0.292 e. The molecule has 8 heteroatoms. The Labute approximate surface area is 163 Å². The molecule has 0 saturated carbocycles. The van der Waals surface area contributed by atoms with E-state index in [1.165, 1.54) is 18.2 Å². The predicted octanol–water partition coefficient (Wildman–Crippen LogP) is 2.29. The van der Waals surface area contributed by atoms with Crippen LogP contribution in [0.2, 0.25) is 0 Å². The van der Waals surface area contributed by atoms with Crippen molar-refractivity contribution in [3.05, 3.63) is 69.3 Å². The van der Waals surface area contributed by atoms with Crippen molar-refractivity contribution in [2.45, 2.75) is 13.0 Å². The van der Waals surface area contributed by atoms with Crippen LogP contribution < -0.4 is 11.1 Å². The fraction of sp³-hybridized carbons (Fsp3) is 0.350. The van der Waals surface area contributed by atoms with Gasteiger partial charge >= 0.3 is 0 Å². The molecule has 0 aliphatic carbocycles. The van der Waals surface area contributed by atoms with Crippen molar-refractivity contribution in [2.75, 3.05) is 38.6 Å². The molecule has 8 nitrogen and oxygen atoms in total. The van der Waals surface area contributed by atoms with E-state index in [2.05, 4.69) is 16.3 Å². The number of nitrogens with one attached hydrogen (secondary N) is 1. The highest BCUT2D eigenvalue weighted by Crippen LogP contribution is 2.24. The zero-order valence-corrected chi connectivity index (χ0v) is 15.8. The van der Waals surface area contributed by atoms with Crippen LogP contribution in [0, 0.1) is 17.0 Å². The number of nitrogens with two attached hydrogens (primary N) is 1. The van der Waals surface area contributed by atoms with Gasteiger partial charge in [0.05, 0.1) is 24.2 Å². The van der Waals surface area contributed by atoms with E-state index in [9.17, 15) is 14.9 Å². The number of aryl methyl sites for hydroxylation is 1. The first-order valence-corrected chi connectivity index (χ1v) is 9.16. The molecule has 1 aliphatic rings. The van der Waals surface area contributed by atoms with Crippen LogP contribution in [0.3, 0.4) is 0 Å². The maximum atomic E-state index is 12.6. The van der Waals surface area contributed by atoms with Gasteiger partial charge in [0, 0.05) is 31.3 Å². The molecule has 1 unspecified atom stereocenters. The summed E-state index contributed by atoms with van der Waals surface area (Å²) < 4.78 is 5.45. The highest BCUT2D eigenvalue weighted by molar-refractivity contribution is 5.95. The molecule has 0 bridgehead atoms. The largest absolute Gasteiger partial charge is 0.393 e. The molecule has 3 rings (SSSR count). The number of carbonyl (C=O) groups excluding carboxylic acids is 1. The molecule has 2 aromatic rings. The molecule has 0 radical (unpaired) electrons. The number of benzene rings is 2. The first kappa shape index (κ1) is 19.8. The molecule has 3 N–H and O–H groups in total. The van der Waals surface area contributed by atoms with Crippen LogP contribution >= 0.6 is 0 Å². The van der Waals surface area contributed by atoms with E-state index < -0.39 is 4.92 Å². The number of amides is 1. The minimum atomic E-state index is -0.588. The van der Waals surface area contributed by atoms with Crippen LogP contribution in [0.25, 0.3) is 0 Å². The summed E-state index contributed by atoms with van der Waals surface area (Å²) in [6, 6.07) is 12.3. The van der Waals surface area contributed by atoms with E-state index in [-0.39, 0.29) is 28.9 Å². The number of rotatable bonds is 6. The van der Waals surface area contributed by atoms with Crippen LogP contribution in [0.5, 0.6) is 0 Å². The van der Waals surface area contributed by atoms with Crippen molar-refractivity contribution in [3.63, 3.8) is 0 Å². The van der Waals surface area contributed by atoms with Crippen molar-refractivity contribution >= 4 is 17.3 Å². The lowest BCUT2D eigenvalue weighted by molar-refractivity contribution is -0.383. The summed E-state index contributed by atoms with van der Waals surface area (Å²) in [5.74, 6) is -0.367. The summed E-state index contributed by atoms with van der Waals surface area (Å²) >= 11 is 0. The summed E-state index contributed by atoms with van der Waals surface area (Å²) in [4.78, 5) is 25.4. The molecule has 1 fully saturated rings. The summed E-state index contributed by atoms with van der Waals surface area (Å²) in [6.45, 7) is 5.29. The molecular weight excluding hydrogens is 360 g/mol. The van der Waals surface area contributed by atoms with E-state index in [1.807, 2.05) is 25.1 Å². The highest BCUT2D eigenvalue weighted by atomic mass is 16.6. The van der Waals surface area contributed by atoms with Crippen molar-refractivity contribution in [3.8, 4) is 0 Å². The fourth-order valence-electron chi connectivity index (χ4n) is 3.36. The monoisotopic (exact) mass is 384 g/mol. The zero-order valence-electron chi connectivity index (χ0n) is 15.8. The van der Waals surface area contributed by atoms with Gasteiger partial charge < -0.3 is 15.8 Å². The normalized spacial score (nSPS) is 15.8. The Morgan fingerprint density at radius 2 is 2.04 bits per heavy atom. The molecule has 2 aromatic carbocycles. The number of ether oxygens (including phenoxy) is 1. The van der Waals surface area contributed by atoms with Crippen molar-refractivity contribution in [1.82, 2.24) is 10.2 Å².